The summed E-state index contributed by atoms with van der Waals surface area (Å²) < 4.78 is 34.6. The van der Waals surface area contributed by atoms with Crippen LogP contribution in [0.15, 0.2) is 18.2 Å². The maximum Gasteiger partial charge on any atom is 0.137 e. The van der Waals surface area contributed by atoms with E-state index >= 15 is 0 Å². The molecular formula is C26H34F2O. The quantitative estimate of drug-likeness (QED) is 0.523. The lowest BCUT2D eigenvalue weighted by Crippen LogP contribution is -2.28. The first-order valence-electron chi connectivity index (χ1n) is 11.4. The smallest absolute Gasteiger partial charge is 0.137 e. The Labute approximate surface area is 173 Å². The van der Waals surface area contributed by atoms with Crippen molar-refractivity contribution in [2.45, 2.75) is 78.2 Å². The summed E-state index contributed by atoms with van der Waals surface area (Å²) in [6, 6.07) is 5.59. The van der Waals surface area contributed by atoms with Gasteiger partial charge in [-0.3, -0.25) is 0 Å². The molecule has 2 aliphatic rings. The molecule has 1 saturated heterocycles. The second-order valence-corrected chi connectivity index (χ2v) is 9.77. The molecule has 2 atom stereocenters. The van der Waals surface area contributed by atoms with Gasteiger partial charge in [-0.15, -0.1) is 0 Å². The fraction of sp³-hybridized carbons (Fsp3) is 0.615. The van der Waals surface area contributed by atoms with Crippen LogP contribution in [-0.4, -0.2) is 12.7 Å². The van der Waals surface area contributed by atoms with Crippen LogP contribution in [0.5, 0.6) is 0 Å². The Kier molecular flexibility index (Phi) is 6.24. The van der Waals surface area contributed by atoms with Crippen molar-refractivity contribution in [1.29, 1.82) is 0 Å². The van der Waals surface area contributed by atoms with Gasteiger partial charge in [0.05, 0.1) is 6.10 Å². The molecule has 1 nitrogen and oxygen atoms in total. The molecule has 2 aromatic carbocycles. The highest BCUT2D eigenvalue weighted by atomic mass is 19.1. The molecule has 0 spiro atoms. The molecular weight excluding hydrogens is 366 g/mol. The van der Waals surface area contributed by atoms with E-state index in [0.29, 0.717) is 22.8 Å². The Morgan fingerprint density at radius 2 is 1.66 bits per heavy atom. The van der Waals surface area contributed by atoms with E-state index in [1.807, 2.05) is 13.0 Å². The molecule has 2 aromatic rings. The first kappa shape index (κ1) is 20.8. The topological polar surface area (TPSA) is 9.23 Å². The Balaban J connectivity index is 1.37. The number of benzene rings is 2. The van der Waals surface area contributed by atoms with Crippen molar-refractivity contribution in [3.63, 3.8) is 0 Å². The van der Waals surface area contributed by atoms with Crippen LogP contribution < -0.4 is 0 Å². The van der Waals surface area contributed by atoms with Crippen LogP contribution in [0.4, 0.5) is 8.78 Å². The zero-order chi connectivity index (χ0) is 20.5. The number of halogens is 2. The number of rotatable bonds is 4. The molecule has 2 fully saturated rings. The van der Waals surface area contributed by atoms with Gasteiger partial charge in [0.1, 0.15) is 11.6 Å². The van der Waals surface area contributed by atoms with Crippen molar-refractivity contribution in [2.24, 2.45) is 17.8 Å². The lowest BCUT2D eigenvalue weighted by molar-refractivity contribution is -0.0267. The van der Waals surface area contributed by atoms with Gasteiger partial charge in [0.25, 0.3) is 0 Å². The highest BCUT2D eigenvalue weighted by Crippen LogP contribution is 2.36. The van der Waals surface area contributed by atoms with E-state index in [0.717, 1.165) is 30.4 Å². The van der Waals surface area contributed by atoms with Gasteiger partial charge in [-0.25, -0.2) is 8.78 Å². The van der Waals surface area contributed by atoms with Crippen molar-refractivity contribution < 1.29 is 13.5 Å². The van der Waals surface area contributed by atoms with Gasteiger partial charge in [-0.2, -0.15) is 0 Å². The third-order valence-electron chi connectivity index (χ3n) is 7.30. The summed E-state index contributed by atoms with van der Waals surface area (Å²) in [5, 5.41) is 1.26. The van der Waals surface area contributed by atoms with Crippen LogP contribution in [0.3, 0.4) is 0 Å². The minimum atomic E-state index is -0.452. The summed E-state index contributed by atoms with van der Waals surface area (Å²) >= 11 is 0. The molecule has 2 unspecified atom stereocenters. The molecule has 0 radical (unpaired) electrons. The number of ether oxygens (including phenoxy) is 1. The highest BCUT2D eigenvalue weighted by Gasteiger charge is 2.26. The average Bonchev–Trinajstić information content (AvgIpc) is 2.69. The van der Waals surface area contributed by atoms with Gasteiger partial charge < -0.3 is 4.74 Å². The lowest BCUT2D eigenvalue weighted by Gasteiger charge is -2.33. The number of aryl methyl sites for hydroxylation is 1. The summed E-state index contributed by atoms with van der Waals surface area (Å²) in [4.78, 5) is 0. The zero-order valence-corrected chi connectivity index (χ0v) is 18.1. The molecule has 0 bridgehead atoms. The normalized spacial score (nSPS) is 28.0. The molecule has 158 valence electrons. The predicted molar refractivity (Wildman–Crippen MR) is 115 cm³/mol. The Morgan fingerprint density at radius 1 is 0.931 bits per heavy atom. The summed E-state index contributed by atoms with van der Waals surface area (Å²) in [5.41, 5.74) is 2.24. The largest absolute Gasteiger partial charge is 0.378 e. The maximum atomic E-state index is 14.5. The zero-order valence-electron chi connectivity index (χ0n) is 18.1. The molecule has 29 heavy (non-hydrogen) atoms. The minimum absolute atomic E-state index is 0.114. The molecule has 4 rings (SSSR count). The van der Waals surface area contributed by atoms with Gasteiger partial charge in [0.15, 0.2) is 0 Å². The summed E-state index contributed by atoms with van der Waals surface area (Å²) in [7, 11) is 0. The lowest BCUT2D eigenvalue weighted by atomic mass is 9.76. The van der Waals surface area contributed by atoms with Gasteiger partial charge in [0.2, 0.25) is 0 Å². The molecule has 1 saturated carbocycles. The van der Waals surface area contributed by atoms with Crippen LogP contribution in [0.1, 0.15) is 68.6 Å². The molecule has 3 heteroatoms. The predicted octanol–water partition coefficient (Wildman–Crippen LogP) is 7.29. The first-order chi connectivity index (χ1) is 13.9. The van der Waals surface area contributed by atoms with Crippen molar-refractivity contribution in [2.75, 3.05) is 6.61 Å². The standard InChI is InChI=1S/C26H34F2O/c1-16-4-9-23(29-15-16)13-20-7-5-19(6-8-20)11-21-10-17(2)25-22(12-21)14-24(27)18(3)26(25)28/h10,12,14,16,19-20,23H,4-9,11,13,15H2,1-3H3. The summed E-state index contributed by atoms with van der Waals surface area (Å²) in [6.07, 6.45) is 10.3. The fourth-order valence-corrected chi connectivity index (χ4v) is 5.46. The second kappa shape index (κ2) is 8.71. The van der Waals surface area contributed by atoms with Gasteiger partial charge in [-0.1, -0.05) is 31.9 Å². The Hall–Kier alpha value is -1.48. The van der Waals surface area contributed by atoms with Crippen molar-refractivity contribution in [1.82, 2.24) is 0 Å². The molecule has 0 aromatic heterocycles. The fourth-order valence-electron chi connectivity index (χ4n) is 5.46. The van der Waals surface area contributed by atoms with Crippen LogP contribution in [0, 0.1) is 43.2 Å². The van der Waals surface area contributed by atoms with Gasteiger partial charge in [0, 0.05) is 17.6 Å². The average molecular weight is 401 g/mol. The maximum absolute atomic E-state index is 14.5. The number of fused-ring (bicyclic) bond motifs is 1. The third-order valence-corrected chi connectivity index (χ3v) is 7.30. The number of hydrogen-bond donors (Lipinski definition) is 0. The molecule has 1 aliphatic carbocycles. The molecule has 0 amide bonds. The van der Waals surface area contributed by atoms with Crippen molar-refractivity contribution in [3.05, 3.63) is 46.5 Å². The van der Waals surface area contributed by atoms with E-state index in [2.05, 4.69) is 13.0 Å². The number of hydrogen-bond acceptors (Lipinski definition) is 1. The highest BCUT2D eigenvalue weighted by molar-refractivity contribution is 5.87. The van der Waals surface area contributed by atoms with Gasteiger partial charge >= 0.3 is 0 Å². The molecule has 1 heterocycles. The Bertz CT molecular complexity index is 859. The van der Waals surface area contributed by atoms with E-state index in [1.54, 1.807) is 0 Å². The van der Waals surface area contributed by atoms with E-state index in [4.69, 9.17) is 4.74 Å². The van der Waals surface area contributed by atoms with Crippen LogP contribution >= 0.6 is 0 Å². The Morgan fingerprint density at radius 3 is 2.34 bits per heavy atom. The van der Waals surface area contributed by atoms with E-state index in [1.165, 1.54) is 63.5 Å². The second-order valence-electron chi connectivity index (χ2n) is 9.77. The molecule has 1 aliphatic heterocycles. The SMILES string of the molecule is Cc1c(F)cc2cc(CC3CCC(CC4CCC(C)CO4)CC3)cc(C)c2c1F. The summed E-state index contributed by atoms with van der Waals surface area (Å²) in [5.74, 6) is 1.33. The minimum Gasteiger partial charge on any atom is -0.378 e. The van der Waals surface area contributed by atoms with E-state index in [-0.39, 0.29) is 5.56 Å². The van der Waals surface area contributed by atoms with Crippen molar-refractivity contribution >= 4 is 10.8 Å². The summed E-state index contributed by atoms with van der Waals surface area (Å²) in [6.45, 7) is 6.66. The van der Waals surface area contributed by atoms with Crippen LogP contribution in [-0.2, 0) is 11.2 Å². The van der Waals surface area contributed by atoms with E-state index in [9.17, 15) is 8.78 Å². The van der Waals surface area contributed by atoms with Gasteiger partial charge in [-0.05, 0) is 92.7 Å². The molecule has 0 N–H and O–H groups in total. The monoisotopic (exact) mass is 400 g/mol. The van der Waals surface area contributed by atoms with E-state index < -0.39 is 11.6 Å². The van der Waals surface area contributed by atoms with Crippen LogP contribution in [0.25, 0.3) is 10.8 Å². The van der Waals surface area contributed by atoms with Crippen molar-refractivity contribution in [3.8, 4) is 0 Å². The van der Waals surface area contributed by atoms with Crippen LogP contribution in [0.2, 0.25) is 0 Å². The first-order valence-corrected chi connectivity index (χ1v) is 11.4. The third kappa shape index (κ3) is 4.66.